The molecule has 0 spiro atoms. The molecule has 2 aromatic carbocycles. The fraction of sp³-hybridized carbons (Fsp3) is 0.235. The van der Waals surface area contributed by atoms with Crippen LogP contribution in [0.3, 0.4) is 0 Å². The third-order valence-corrected chi connectivity index (χ3v) is 3.65. The van der Waals surface area contributed by atoms with Crippen LogP contribution in [0.5, 0.6) is 11.5 Å². The molecule has 2 rings (SSSR count). The van der Waals surface area contributed by atoms with Crippen molar-refractivity contribution >= 4 is 34.8 Å². The van der Waals surface area contributed by atoms with Gasteiger partial charge in [0.05, 0.1) is 30.2 Å². The average molecular weight is 369 g/mol. The number of hydrogen-bond donors (Lipinski definition) is 2. The Balaban J connectivity index is 1.71. The Morgan fingerprint density at radius 1 is 1.12 bits per heavy atom. The SMILES string of the molecule is COc1c(Cl)cc(NCC(=O)NCCOc2ccccc2)cc1Cl. The lowest BCUT2D eigenvalue weighted by Crippen LogP contribution is -2.33. The lowest BCUT2D eigenvalue weighted by molar-refractivity contribution is -0.119. The molecule has 2 aromatic rings. The summed E-state index contributed by atoms with van der Waals surface area (Å²) in [5.41, 5.74) is 0.640. The van der Waals surface area contributed by atoms with Gasteiger partial charge in [-0.15, -0.1) is 0 Å². The van der Waals surface area contributed by atoms with Gasteiger partial charge in [0.15, 0.2) is 5.75 Å². The van der Waals surface area contributed by atoms with Crippen LogP contribution in [0.4, 0.5) is 5.69 Å². The largest absolute Gasteiger partial charge is 0.494 e. The van der Waals surface area contributed by atoms with Crippen molar-refractivity contribution in [3.63, 3.8) is 0 Å². The van der Waals surface area contributed by atoms with E-state index in [4.69, 9.17) is 32.7 Å². The minimum Gasteiger partial charge on any atom is -0.494 e. The number of methoxy groups -OCH3 is 1. The third-order valence-electron chi connectivity index (χ3n) is 3.09. The molecular formula is C17H18Cl2N2O3. The number of benzene rings is 2. The predicted molar refractivity (Wildman–Crippen MR) is 96.5 cm³/mol. The number of para-hydroxylation sites is 1. The Morgan fingerprint density at radius 3 is 2.42 bits per heavy atom. The smallest absolute Gasteiger partial charge is 0.239 e. The summed E-state index contributed by atoms with van der Waals surface area (Å²) in [4.78, 5) is 11.8. The van der Waals surface area contributed by atoms with Crippen molar-refractivity contribution in [3.05, 3.63) is 52.5 Å². The molecule has 0 radical (unpaired) electrons. The Kier molecular flexibility index (Phi) is 7.03. The van der Waals surface area contributed by atoms with Gasteiger partial charge in [0.1, 0.15) is 12.4 Å². The van der Waals surface area contributed by atoms with Crippen molar-refractivity contribution in [1.29, 1.82) is 0 Å². The zero-order valence-corrected chi connectivity index (χ0v) is 14.7. The molecule has 0 bridgehead atoms. The number of ether oxygens (including phenoxy) is 2. The predicted octanol–water partition coefficient (Wildman–Crippen LogP) is 3.61. The standard InChI is InChI=1S/C17H18Cl2N2O3/c1-23-17-14(18)9-12(10-15(17)19)21-11-16(22)20-7-8-24-13-5-3-2-4-6-13/h2-6,9-10,21H,7-8,11H2,1H3,(H,20,22). The molecule has 0 aromatic heterocycles. The molecule has 5 nitrogen and oxygen atoms in total. The summed E-state index contributed by atoms with van der Waals surface area (Å²) in [6.07, 6.45) is 0. The second kappa shape index (κ2) is 9.25. The summed E-state index contributed by atoms with van der Waals surface area (Å²) in [6.45, 7) is 0.916. The van der Waals surface area contributed by atoms with E-state index >= 15 is 0 Å². The van der Waals surface area contributed by atoms with E-state index in [1.165, 1.54) is 7.11 Å². The van der Waals surface area contributed by atoms with E-state index in [9.17, 15) is 4.79 Å². The fourth-order valence-electron chi connectivity index (χ4n) is 1.98. The van der Waals surface area contributed by atoms with Gasteiger partial charge < -0.3 is 20.1 Å². The maximum absolute atomic E-state index is 11.8. The first-order valence-electron chi connectivity index (χ1n) is 7.31. The second-order valence-electron chi connectivity index (χ2n) is 4.84. The summed E-state index contributed by atoms with van der Waals surface area (Å²) in [7, 11) is 1.49. The Hall–Kier alpha value is -2.11. The lowest BCUT2D eigenvalue weighted by atomic mass is 10.3. The van der Waals surface area contributed by atoms with Gasteiger partial charge in [-0.1, -0.05) is 41.4 Å². The number of anilines is 1. The monoisotopic (exact) mass is 368 g/mol. The molecule has 0 saturated heterocycles. The van der Waals surface area contributed by atoms with Crippen LogP contribution in [0.15, 0.2) is 42.5 Å². The topological polar surface area (TPSA) is 59.6 Å². The molecule has 0 fully saturated rings. The van der Waals surface area contributed by atoms with Gasteiger partial charge in [-0.25, -0.2) is 0 Å². The molecule has 0 atom stereocenters. The fourth-order valence-corrected chi connectivity index (χ4v) is 2.62. The quantitative estimate of drug-likeness (QED) is 0.698. The van der Waals surface area contributed by atoms with Gasteiger partial charge in [0.2, 0.25) is 5.91 Å². The first-order valence-corrected chi connectivity index (χ1v) is 8.07. The van der Waals surface area contributed by atoms with E-state index in [1.807, 2.05) is 30.3 Å². The molecule has 24 heavy (non-hydrogen) atoms. The molecule has 0 saturated carbocycles. The number of nitrogens with one attached hydrogen (secondary N) is 2. The van der Waals surface area contributed by atoms with Crippen molar-refractivity contribution in [2.45, 2.75) is 0 Å². The number of amides is 1. The van der Waals surface area contributed by atoms with Crippen molar-refractivity contribution in [2.75, 3.05) is 32.1 Å². The highest BCUT2D eigenvalue weighted by molar-refractivity contribution is 6.37. The average Bonchev–Trinajstić information content (AvgIpc) is 2.57. The van der Waals surface area contributed by atoms with Gasteiger partial charge >= 0.3 is 0 Å². The molecule has 0 aliphatic heterocycles. The molecule has 0 aliphatic rings. The summed E-state index contributed by atoms with van der Waals surface area (Å²) in [6, 6.07) is 12.7. The molecule has 7 heteroatoms. The van der Waals surface area contributed by atoms with Crippen LogP contribution in [0.1, 0.15) is 0 Å². The van der Waals surface area contributed by atoms with Gasteiger partial charge in [-0.3, -0.25) is 4.79 Å². The molecular weight excluding hydrogens is 351 g/mol. The van der Waals surface area contributed by atoms with E-state index < -0.39 is 0 Å². The van der Waals surface area contributed by atoms with Gasteiger partial charge in [-0.05, 0) is 24.3 Å². The minimum absolute atomic E-state index is 0.102. The van der Waals surface area contributed by atoms with Crippen LogP contribution in [-0.2, 0) is 4.79 Å². The normalized spacial score (nSPS) is 10.1. The number of hydrogen-bond acceptors (Lipinski definition) is 4. The first-order chi connectivity index (χ1) is 11.6. The summed E-state index contributed by atoms with van der Waals surface area (Å²) >= 11 is 12.1. The van der Waals surface area contributed by atoms with Crippen LogP contribution >= 0.6 is 23.2 Å². The maximum Gasteiger partial charge on any atom is 0.239 e. The van der Waals surface area contributed by atoms with E-state index in [-0.39, 0.29) is 12.5 Å². The van der Waals surface area contributed by atoms with E-state index in [0.29, 0.717) is 34.6 Å². The molecule has 0 aliphatic carbocycles. The number of halogens is 2. The van der Waals surface area contributed by atoms with Crippen molar-refractivity contribution in [3.8, 4) is 11.5 Å². The Bertz CT molecular complexity index is 658. The highest BCUT2D eigenvalue weighted by Gasteiger charge is 2.09. The van der Waals surface area contributed by atoms with Crippen LogP contribution in [0.25, 0.3) is 0 Å². The van der Waals surface area contributed by atoms with E-state index in [2.05, 4.69) is 10.6 Å². The van der Waals surface area contributed by atoms with Crippen molar-refractivity contribution < 1.29 is 14.3 Å². The van der Waals surface area contributed by atoms with Crippen LogP contribution in [0.2, 0.25) is 10.0 Å². The summed E-state index contributed by atoms with van der Waals surface area (Å²) < 4.78 is 10.6. The number of rotatable bonds is 8. The molecule has 0 heterocycles. The maximum atomic E-state index is 11.8. The molecule has 0 unspecified atom stereocenters. The zero-order valence-electron chi connectivity index (χ0n) is 13.1. The lowest BCUT2D eigenvalue weighted by Gasteiger charge is -2.11. The van der Waals surface area contributed by atoms with Gasteiger partial charge in [-0.2, -0.15) is 0 Å². The van der Waals surface area contributed by atoms with Gasteiger partial charge in [0, 0.05) is 5.69 Å². The van der Waals surface area contributed by atoms with E-state index in [1.54, 1.807) is 12.1 Å². The highest BCUT2D eigenvalue weighted by atomic mass is 35.5. The van der Waals surface area contributed by atoms with Crippen LogP contribution in [-0.4, -0.2) is 32.7 Å². The van der Waals surface area contributed by atoms with Crippen LogP contribution < -0.4 is 20.1 Å². The Labute approximate surface area is 150 Å². The number of carbonyl (C=O) groups is 1. The highest BCUT2D eigenvalue weighted by Crippen LogP contribution is 2.35. The first kappa shape index (κ1) is 18.2. The molecule has 2 N–H and O–H groups in total. The van der Waals surface area contributed by atoms with Crippen molar-refractivity contribution in [2.24, 2.45) is 0 Å². The minimum atomic E-state index is -0.158. The zero-order chi connectivity index (χ0) is 17.4. The third kappa shape index (κ3) is 5.51. The Morgan fingerprint density at radius 2 is 1.79 bits per heavy atom. The number of carbonyl (C=O) groups excluding carboxylic acids is 1. The van der Waals surface area contributed by atoms with Crippen molar-refractivity contribution in [1.82, 2.24) is 5.32 Å². The van der Waals surface area contributed by atoms with Gasteiger partial charge in [0.25, 0.3) is 0 Å². The van der Waals surface area contributed by atoms with E-state index in [0.717, 1.165) is 5.75 Å². The molecule has 128 valence electrons. The summed E-state index contributed by atoms with van der Waals surface area (Å²) in [5.74, 6) is 1.02. The summed E-state index contributed by atoms with van der Waals surface area (Å²) in [5, 5.41) is 6.47. The second-order valence-corrected chi connectivity index (χ2v) is 5.65. The van der Waals surface area contributed by atoms with Crippen LogP contribution in [0, 0.1) is 0 Å². The molecule has 1 amide bonds.